The molecule has 94 valence electrons. The van der Waals surface area contributed by atoms with Crippen molar-refractivity contribution in [1.82, 2.24) is 0 Å². The number of anilines is 1. The molecule has 2 nitrogen and oxygen atoms in total. The fourth-order valence-corrected chi connectivity index (χ4v) is 3.11. The lowest BCUT2D eigenvalue weighted by Gasteiger charge is -2.07. The van der Waals surface area contributed by atoms with E-state index in [2.05, 4.69) is 27.9 Å². The van der Waals surface area contributed by atoms with Crippen LogP contribution >= 0.6 is 45.5 Å². The molecular formula is C13H11ClINOS. The first-order valence-electron chi connectivity index (χ1n) is 5.42. The molecule has 0 atom stereocenters. The summed E-state index contributed by atoms with van der Waals surface area (Å²) in [4.78, 5) is 13.0. The van der Waals surface area contributed by atoms with Gasteiger partial charge < -0.3 is 5.32 Å². The van der Waals surface area contributed by atoms with Crippen LogP contribution in [0.4, 0.5) is 5.69 Å². The number of nitrogens with one attached hydrogen (secondary N) is 1. The zero-order valence-corrected chi connectivity index (χ0v) is 13.2. The van der Waals surface area contributed by atoms with Crippen molar-refractivity contribution in [2.24, 2.45) is 0 Å². The van der Waals surface area contributed by atoms with Crippen LogP contribution in [0.5, 0.6) is 0 Å². The molecule has 0 fully saturated rings. The molecule has 2 aromatic rings. The Hall–Kier alpha value is -0.590. The van der Waals surface area contributed by atoms with Gasteiger partial charge in [-0.2, -0.15) is 0 Å². The van der Waals surface area contributed by atoms with Crippen LogP contribution in [0.15, 0.2) is 35.7 Å². The Balaban J connectivity index is 1.91. The van der Waals surface area contributed by atoms with Crippen molar-refractivity contribution in [1.29, 1.82) is 0 Å². The maximum absolute atomic E-state index is 11.8. The largest absolute Gasteiger partial charge is 0.325 e. The first-order valence-corrected chi connectivity index (χ1v) is 7.76. The summed E-state index contributed by atoms with van der Waals surface area (Å²) in [5, 5.41) is 5.42. The molecule has 1 heterocycles. The van der Waals surface area contributed by atoms with Crippen molar-refractivity contribution in [2.45, 2.75) is 12.8 Å². The van der Waals surface area contributed by atoms with Gasteiger partial charge in [-0.1, -0.05) is 17.7 Å². The van der Waals surface area contributed by atoms with Gasteiger partial charge in [0.15, 0.2) is 0 Å². The summed E-state index contributed by atoms with van der Waals surface area (Å²) in [6, 6.07) is 9.61. The number of rotatable bonds is 4. The van der Waals surface area contributed by atoms with Gasteiger partial charge in [-0.05, 0) is 58.7 Å². The molecular weight excluding hydrogens is 381 g/mol. The average Bonchev–Trinajstić information content (AvgIpc) is 2.83. The molecule has 0 unspecified atom stereocenters. The summed E-state index contributed by atoms with van der Waals surface area (Å²) in [5.74, 6) is -0.00786. The monoisotopic (exact) mass is 391 g/mol. The summed E-state index contributed by atoms with van der Waals surface area (Å²) >= 11 is 9.91. The molecule has 0 bridgehead atoms. The van der Waals surface area contributed by atoms with Crippen molar-refractivity contribution in [3.05, 3.63) is 49.2 Å². The van der Waals surface area contributed by atoms with Crippen LogP contribution in [0.2, 0.25) is 5.02 Å². The Bertz CT molecular complexity index is 542. The number of halogens is 2. The van der Waals surface area contributed by atoms with Crippen molar-refractivity contribution < 1.29 is 4.79 Å². The highest BCUT2D eigenvalue weighted by Crippen LogP contribution is 2.24. The van der Waals surface area contributed by atoms with Gasteiger partial charge in [-0.15, -0.1) is 11.3 Å². The average molecular weight is 392 g/mol. The van der Waals surface area contributed by atoms with Crippen LogP contribution in [-0.2, 0) is 11.2 Å². The molecule has 1 aromatic heterocycles. The SMILES string of the molecule is O=C(CCc1cccs1)Nc1ccc(I)cc1Cl. The standard InChI is InChI=1S/C13H11ClINOS/c14-11-8-9(15)3-5-12(11)16-13(17)6-4-10-2-1-7-18-10/h1-3,5,7-8H,4,6H2,(H,16,17). The molecule has 0 aliphatic heterocycles. The first kappa shape index (κ1) is 13.8. The number of amides is 1. The predicted octanol–water partition coefficient (Wildman–Crippen LogP) is 4.58. The van der Waals surface area contributed by atoms with Crippen LogP contribution < -0.4 is 5.32 Å². The van der Waals surface area contributed by atoms with Gasteiger partial charge in [-0.25, -0.2) is 0 Å². The van der Waals surface area contributed by atoms with E-state index in [0.29, 0.717) is 17.1 Å². The van der Waals surface area contributed by atoms with Gasteiger partial charge in [0, 0.05) is 14.9 Å². The summed E-state index contributed by atoms with van der Waals surface area (Å²) in [6.45, 7) is 0. The summed E-state index contributed by atoms with van der Waals surface area (Å²) in [6.07, 6.45) is 1.24. The molecule has 1 N–H and O–H groups in total. The fraction of sp³-hybridized carbons (Fsp3) is 0.154. The van der Waals surface area contributed by atoms with E-state index < -0.39 is 0 Å². The number of carbonyl (C=O) groups excluding carboxylic acids is 1. The second kappa shape index (κ2) is 6.54. The van der Waals surface area contributed by atoms with Crippen LogP contribution in [0.25, 0.3) is 0 Å². The predicted molar refractivity (Wildman–Crippen MR) is 85.4 cm³/mol. The van der Waals surface area contributed by atoms with E-state index in [-0.39, 0.29) is 5.91 Å². The fourth-order valence-electron chi connectivity index (χ4n) is 1.50. The molecule has 0 aliphatic carbocycles. The molecule has 0 saturated carbocycles. The van der Waals surface area contributed by atoms with E-state index in [1.807, 2.05) is 35.7 Å². The molecule has 5 heteroatoms. The van der Waals surface area contributed by atoms with E-state index in [1.165, 1.54) is 4.88 Å². The highest BCUT2D eigenvalue weighted by molar-refractivity contribution is 14.1. The van der Waals surface area contributed by atoms with Crippen LogP contribution in [-0.4, -0.2) is 5.91 Å². The van der Waals surface area contributed by atoms with Gasteiger partial charge in [0.2, 0.25) is 5.91 Å². The summed E-state index contributed by atoms with van der Waals surface area (Å²) in [7, 11) is 0. The Morgan fingerprint density at radius 1 is 1.39 bits per heavy atom. The molecule has 1 amide bonds. The number of hydrogen-bond acceptors (Lipinski definition) is 2. The number of carbonyl (C=O) groups is 1. The molecule has 0 saturated heterocycles. The maximum Gasteiger partial charge on any atom is 0.224 e. The third-order valence-electron chi connectivity index (χ3n) is 2.38. The van der Waals surface area contributed by atoms with Gasteiger partial charge in [0.1, 0.15) is 0 Å². The highest BCUT2D eigenvalue weighted by Gasteiger charge is 2.06. The van der Waals surface area contributed by atoms with Crippen LogP contribution in [0, 0.1) is 3.57 Å². The quantitative estimate of drug-likeness (QED) is 0.760. The second-order valence-electron chi connectivity index (χ2n) is 3.75. The van der Waals surface area contributed by atoms with Crippen LogP contribution in [0.1, 0.15) is 11.3 Å². The van der Waals surface area contributed by atoms with E-state index in [0.717, 1.165) is 9.99 Å². The lowest BCUT2D eigenvalue weighted by Crippen LogP contribution is -2.12. The van der Waals surface area contributed by atoms with Crippen molar-refractivity contribution >= 4 is 57.1 Å². The number of thiophene rings is 1. The van der Waals surface area contributed by atoms with E-state index in [1.54, 1.807) is 11.3 Å². The third-order valence-corrected chi connectivity index (χ3v) is 4.30. The lowest BCUT2D eigenvalue weighted by molar-refractivity contribution is -0.116. The van der Waals surface area contributed by atoms with Crippen molar-refractivity contribution in [2.75, 3.05) is 5.32 Å². The Morgan fingerprint density at radius 3 is 2.89 bits per heavy atom. The van der Waals surface area contributed by atoms with Gasteiger partial charge in [0.05, 0.1) is 10.7 Å². The van der Waals surface area contributed by atoms with E-state index >= 15 is 0 Å². The van der Waals surface area contributed by atoms with Crippen molar-refractivity contribution in [3.8, 4) is 0 Å². The topological polar surface area (TPSA) is 29.1 Å². The molecule has 2 rings (SSSR count). The van der Waals surface area contributed by atoms with Gasteiger partial charge in [0.25, 0.3) is 0 Å². The van der Waals surface area contributed by atoms with Gasteiger partial charge in [-0.3, -0.25) is 4.79 Å². The minimum atomic E-state index is -0.00786. The summed E-state index contributed by atoms with van der Waals surface area (Å²) in [5.41, 5.74) is 0.674. The Labute approximate surface area is 129 Å². The van der Waals surface area contributed by atoms with E-state index in [4.69, 9.17) is 11.6 Å². The molecule has 0 aliphatic rings. The maximum atomic E-state index is 11.8. The highest BCUT2D eigenvalue weighted by atomic mass is 127. The van der Waals surface area contributed by atoms with E-state index in [9.17, 15) is 4.79 Å². The van der Waals surface area contributed by atoms with Crippen LogP contribution in [0.3, 0.4) is 0 Å². The number of benzene rings is 1. The molecule has 0 radical (unpaired) electrons. The Kier molecular flexibility index (Phi) is 5.03. The Morgan fingerprint density at radius 2 is 2.22 bits per heavy atom. The summed E-state index contributed by atoms with van der Waals surface area (Å²) < 4.78 is 1.05. The third kappa shape index (κ3) is 3.96. The van der Waals surface area contributed by atoms with Gasteiger partial charge >= 0.3 is 0 Å². The number of aryl methyl sites for hydroxylation is 1. The zero-order valence-electron chi connectivity index (χ0n) is 9.45. The molecule has 18 heavy (non-hydrogen) atoms. The number of hydrogen-bond donors (Lipinski definition) is 1. The smallest absolute Gasteiger partial charge is 0.224 e. The second-order valence-corrected chi connectivity index (χ2v) is 6.44. The lowest BCUT2D eigenvalue weighted by atomic mass is 10.2. The first-order chi connectivity index (χ1) is 8.65. The minimum Gasteiger partial charge on any atom is -0.325 e. The minimum absolute atomic E-state index is 0.00786. The van der Waals surface area contributed by atoms with Crippen molar-refractivity contribution in [3.63, 3.8) is 0 Å². The molecule has 1 aromatic carbocycles. The molecule has 0 spiro atoms. The normalized spacial score (nSPS) is 10.3. The zero-order chi connectivity index (χ0) is 13.0.